The highest BCUT2D eigenvalue weighted by atomic mass is 16.9. The van der Waals surface area contributed by atoms with Gasteiger partial charge in [-0.2, -0.15) is 0 Å². The van der Waals surface area contributed by atoms with Gasteiger partial charge in [-0.3, -0.25) is 4.79 Å². The number of hydrogen-bond acceptors (Lipinski definition) is 4. The van der Waals surface area contributed by atoms with E-state index in [0.717, 1.165) is 12.8 Å². The predicted molar refractivity (Wildman–Crippen MR) is 68.5 cm³/mol. The van der Waals surface area contributed by atoms with Crippen LogP contribution in [0.3, 0.4) is 0 Å². The lowest BCUT2D eigenvalue weighted by atomic mass is 10.2. The highest BCUT2D eigenvalue weighted by molar-refractivity contribution is 5.75. The zero-order valence-corrected chi connectivity index (χ0v) is 11.1. The van der Waals surface area contributed by atoms with E-state index in [-0.39, 0.29) is 12.5 Å². The van der Waals surface area contributed by atoms with Gasteiger partial charge in [0, 0.05) is 20.0 Å². The summed E-state index contributed by atoms with van der Waals surface area (Å²) in [6.07, 6.45) is 7.64. The van der Waals surface area contributed by atoms with Gasteiger partial charge in [0.25, 0.3) is 5.09 Å². The summed E-state index contributed by atoms with van der Waals surface area (Å²) in [5.41, 5.74) is 0. The standard InChI is InChI=1S/C12H22N2O4/c1-3-4-5-6-9-12(15)13(2)10-7-8-11-18-14(16)17/h3-4H,5-11H2,1-2H3/b4-3-. The topological polar surface area (TPSA) is 72.7 Å². The van der Waals surface area contributed by atoms with Crippen LogP contribution in [0.25, 0.3) is 0 Å². The fourth-order valence-corrected chi connectivity index (χ4v) is 1.44. The van der Waals surface area contributed by atoms with Crippen molar-refractivity contribution in [1.29, 1.82) is 0 Å². The van der Waals surface area contributed by atoms with Gasteiger partial charge in [-0.05, 0) is 32.6 Å². The van der Waals surface area contributed by atoms with Crippen molar-refractivity contribution in [3.8, 4) is 0 Å². The lowest BCUT2D eigenvalue weighted by molar-refractivity contribution is -0.757. The zero-order valence-electron chi connectivity index (χ0n) is 11.1. The van der Waals surface area contributed by atoms with Crippen LogP contribution in [0.15, 0.2) is 12.2 Å². The second-order valence-electron chi connectivity index (χ2n) is 4.04. The summed E-state index contributed by atoms with van der Waals surface area (Å²) in [4.78, 5) is 27.4. The molecule has 0 aliphatic heterocycles. The molecule has 1 amide bonds. The molecule has 0 rings (SSSR count). The van der Waals surface area contributed by atoms with Crippen molar-refractivity contribution in [2.24, 2.45) is 0 Å². The SMILES string of the molecule is C/C=C\CCCC(=O)N(C)CCCCO[N+](=O)[O-]. The molecule has 0 aliphatic carbocycles. The lowest BCUT2D eigenvalue weighted by Crippen LogP contribution is -2.27. The Hall–Kier alpha value is -1.59. The second kappa shape index (κ2) is 10.6. The highest BCUT2D eigenvalue weighted by Gasteiger charge is 2.07. The Morgan fingerprint density at radius 2 is 2.11 bits per heavy atom. The highest BCUT2D eigenvalue weighted by Crippen LogP contribution is 2.02. The van der Waals surface area contributed by atoms with Crippen LogP contribution in [-0.2, 0) is 9.63 Å². The molecule has 0 aromatic heterocycles. The van der Waals surface area contributed by atoms with Gasteiger partial charge >= 0.3 is 0 Å². The summed E-state index contributed by atoms with van der Waals surface area (Å²) in [5, 5.41) is 9.09. The Bertz CT molecular complexity index is 279. The molecule has 0 radical (unpaired) electrons. The van der Waals surface area contributed by atoms with Crippen molar-refractivity contribution in [3.63, 3.8) is 0 Å². The van der Waals surface area contributed by atoms with Crippen LogP contribution in [0.1, 0.15) is 39.0 Å². The Labute approximate surface area is 108 Å². The van der Waals surface area contributed by atoms with Gasteiger partial charge < -0.3 is 9.74 Å². The molecule has 0 aliphatic rings. The minimum Gasteiger partial charge on any atom is -0.346 e. The summed E-state index contributed by atoms with van der Waals surface area (Å²) in [6, 6.07) is 0. The van der Waals surface area contributed by atoms with E-state index in [1.807, 2.05) is 19.1 Å². The van der Waals surface area contributed by atoms with Gasteiger partial charge in [0.15, 0.2) is 0 Å². The minimum absolute atomic E-state index is 0.0936. The van der Waals surface area contributed by atoms with Crippen molar-refractivity contribution in [2.75, 3.05) is 20.2 Å². The van der Waals surface area contributed by atoms with E-state index in [9.17, 15) is 14.9 Å². The molecule has 0 aromatic carbocycles. The third-order valence-electron chi connectivity index (χ3n) is 2.51. The Morgan fingerprint density at radius 3 is 2.72 bits per heavy atom. The zero-order chi connectivity index (χ0) is 13.8. The van der Waals surface area contributed by atoms with Crippen molar-refractivity contribution in [1.82, 2.24) is 4.90 Å². The quantitative estimate of drug-likeness (QED) is 0.260. The van der Waals surface area contributed by atoms with Gasteiger partial charge in [-0.15, -0.1) is 10.1 Å². The molecule has 0 saturated carbocycles. The van der Waals surface area contributed by atoms with Crippen molar-refractivity contribution in [2.45, 2.75) is 39.0 Å². The summed E-state index contributed by atoms with van der Waals surface area (Å²) in [5.74, 6) is 0.120. The van der Waals surface area contributed by atoms with E-state index in [2.05, 4.69) is 4.84 Å². The molecule has 18 heavy (non-hydrogen) atoms. The fraction of sp³-hybridized carbons (Fsp3) is 0.750. The monoisotopic (exact) mass is 258 g/mol. The third kappa shape index (κ3) is 9.62. The van der Waals surface area contributed by atoms with Crippen LogP contribution in [0, 0.1) is 10.1 Å². The maximum absolute atomic E-state index is 11.6. The number of amides is 1. The number of carbonyl (C=O) groups is 1. The van der Waals surface area contributed by atoms with Gasteiger partial charge in [0.1, 0.15) is 0 Å². The lowest BCUT2D eigenvalue weighted by Gasteiger charge is -2.16. The normalized spacial score (nSPS) is 10.6. The first-order valence-corrected chi connectivity index (χ1v) is 6.20. The van der Waals surface area contributed by atoms with Crippen LogP contribution in [0.4, 0.5) is 0 Å². The maximum Gasteiger partial charge on any atom is 0.294 e. The molecule has 0 atom stereocenters. The molecule has 0 aromatic rings. The molecular weight excluding hydrogens is 236 g/mol. The molecular formula is C12H22N2O4. The molecule has 0 N–H and O–H groups in total. The summed E-state index contributed by atoms with van der Waals surface area (Å²) in [6.45, 7) is 2.67. The van der Waals surface area contributed by atoms with E-state index in [1.54, 1.807) is 11.9 Å². The molecule has 0 fully saturated rings. The van der Waals surface area contributed by atoms with E-state index in [1.165, 1.54) is 0 Å². The Balaban J connectivity index is 3.52. The Kier molecular flexibility index (Phi) is 9.62. The van der Waals surface area contributed by atoms with Crippen LogP contribution in [-0.4, -0.2) is 36.1 Å². The fourth-order valence-electron chi connectivity index (χ4n) is 1.44. The van der Waals surface area contributed by atoms with Crippen LogP contribution in [0.5, 0.6) is 0 Å². The van der Waals surface area contributed by atoms with E-state index < -0.39 is 5.09 Å². The average molecular weight is 258 g/mol. The largest absolute Gasteiger partial charge is 0.346 e. The van der Waals surface area contributed by atoms with Gasteiger partial charge in [-0.25, -0.2) is 0 Å². The number of allylic oxidation sites excluding steroid dienone is 2. The molecule has 104 valence electrons. The average Bonchev–Trinajstić information content (AvgIpc) is 2.33. The minimum atomic E-state index is -0.796. The summed E-state index contributed by atoms with van der Waals surface area (Å²) >= 11 is 0. The second-order valence-corrected chi connectivity index (χ2v) is 4.04. The molecule has 6 heteroatoms. The Morgan fingerprint density at radius 1 is 1.39 bits per heavy atom. The maximum atomic E-state index is 11.6. The number of unbranched alkanes of at least 4 members (excludes halogenated alkanes) is 2. The molecule has 0 saturated heterocycles. The first kappa shape index (κ1) is 16.4. The van der Waals surface area contributed by atoms with Crippen LogP contribution in [0.2, 0.25) is 0 Å². The molecule has 0 unspecified atom stereocenters. The van der Waals surface area contributed by atoms with Crippen LogP contribution >= 0.6 is 0 Å². The number of carbonyl (C=O) groups excluding carboxylic acids is 1. The van der Waals surface area contributed by atoms with Gasteiger partial charge in [-0.1, -0.05) is 12.2 Å². The van der Waals surface area contributed by atoms with E-state index in [0.29, 0.717) is 25.8 Å². The van der Waals surface area contributed by atoms with Crippen LogP contribution < -0.4 is 0 Å². The molecule has 0 bridgehead atoms. The number of rotatable bonds is 10. The van der Waals surface area contributed by atoms with Gasteiger partial charge in [0.05, 0.1) is 6.61 Å². The number of hydrogen-bond donors (Lipinski definition) is 0. The predicted octanol–water partition coefficient (Wildman–Crippen LogP) is 2.18. The smallest absolute Gasteiger partial charge is 0.294 e. The van der Waals surface area contributed by atoms with E-state index in [4.69, 9.17) is 0 Å². The molecule has 0 heterocycles. The first-order chi connectivity index (χ1) is 8.57. The van der Waals surface area contributed by atoms with Crippen molar-refractivity contribution < 1.29 is 14.7 Å². The van der Waals surface area contributed by atoms with Gasteiger partial charge in [0.2, 0.25) is 5.91 Å². The molecule has 6 nitrogen and oxygen atoms in total. The summed E-state index contributed by atoms with van der Waals surface area (Å²) in [7, 11) is 1.76. The summed E-state index contributed by atoms with van der Waals surface area (Å²) < 4.78 is 0. The van der Waals surface area contributed by atoms with Crippen molar-refractivity contribution in [3.05, 3.63) is 22.3 Å². The van der Waals surface area contributed by atoms with Crippen molar-refractivity contribution >= 4 is 5.91 Å². The first-order valence-electron chi connectivity index (χ1n) is 6.20. The third-order valence-corrected chi connectivity index (χ3v) is 2.51. The number of nitrogens with zero attached hydrogens (tertiary/aromatic N) is 2. The van der Waals surface area contributed by atoms with E-state index >= 15 is 0 Å². The molecule has 0 spiro atoms.